The van der Waals surface area contributed by atoms with Crippen LogP contribution in [0.25, 0.3) is 0 Å². The molecule has 0 bridgehead atoms. The van der Waals surface area contributed by atoms with Gasteiger partial charge >= 0.3 is 5.97 Å². The highest BCUT2D eigenvalue weighted by Crippen LogP contribution is 2.33. The number of aromatic nitrogens is 3. The van der Waals surface area contributed by atoms with E-state index in [-0.39, 0.29) is 12.6 Å². The van der Waals surface area contributed by atoms with Gasteiger partial charge in [-0.05, 0) is 44.9 Å². The van der Waals surface area contributed by atoms with Crippen LogP contribution in [0.5, 0.6) is 5.75 Å². The Kier molecular flexibility index (Phi) is 7.15. The highest BCUT2D eigenvalue weighted by molar-refractivity contribution is 8.01. The molecule has 0 radical (unpaired) electrons. The van der Waals surface area contributed by atoms with Crippen molar-refractivity contribution in [3.05, 3.63) is 71.5 Å². The van der Waals surface area contributed by atoms with Gasteiger partial charge in [0.15, 0.2) is 11.0 Å². The molecule has 158 valence electrons. The van der Waals surface area contributed by atoms with E-state index in [4.69, 9.17) is 9.47 Å². The van der Waals surface area contributed by atoms with Crippen LogP contribution in [-0.4, -0.2) is 32.1 Å². The predicted octanol–water partition coefficient (Wildman–Crippen LogP) is 4.65. The lowest BCUT2D eigenvalue weighted by atomic mass is 10.2. The molecule has 0 spiro atoms. The largest absolute Gasteiger partial charge is 0.485 e. The second-order valence-electron chi connectivity index (χ2n) is 7.36. The molecule has 0 aliphatic carbocycles. The summed E-state index contributed by atoms with van der Waals surface area (Å²) in [6.07, 6.45) is 0. The van der Waals surface area contributed by atoms with Gasteiger partial charge in [-0.1, -0.05) is 60.3 Å². The van der Waals surface area contributed by atoms with Gasteiger partial charge in [0.2, 0.25) is 0 Å². The number of thioether (sulfide) groups is 1. The molecule has 2 aromatic carbocycles. The first-order chi connectivity index (χ1) is 14.4. The van der Waals surface area contributed by atoms with Crippen molar-refractivity contribution in [2.24, 2.45) is 0 Å². The van der Waals surface area contributed by atoms with Crippen molar-refractivity contribution in [1.29, 1.82) is 0 Å². The predicted molar refractivity (Wildman–Crippen MR) is 118 cm³/mol. The molecule has 30 heavy (non-hydrogen) atoms. The van der Waals surface area contributed by atoms with E-state index in [9.17, 15) is 4.79 Å². The van der Waals surface area contributed by atoms with Gasteiger partial charge in [0.1, 0.15) is 17.1 Å². The summed E-state index contributed by atoms with van der Waals surface area (Å²) in [4.78, 5) is 12.4. The third-order valence-corrected chi connectivity index (χ3v) is 5.70. The number of hydrogen-bond donors (Lipinski definition) is 0. The number of rotatable bonds is 9. The molecule has 0 aliphatic heterocycles. The summed E-state index contributed by atoms with van der Waals surface area (Å²) in [6, 6.07) is 18.0. The normalized spacial score (nSPS) is 11.3. The highest BCUT2D eigenvalue weighted by atomic mass is 32.2. The van der Waals surface area contributed by atoms with Crippen molar-refractivity contribution < 1.29 is 14.3 Å². The minimum Gasteiger partial charge on any atom is -0.485 e. The van der Waals surface area contributed by atoms with Gasteiger partial charge in [-0.15, -0.1) is 10.2 Å². The number of benzene rings is 2. The monoisotopic (exact) mass is 425 g/mol. The topological polar surface area (TPSA) is 66.2 Å². The summed E-state index contributed by atoms with van der Waals surface area (Å²) in [5, 5.41) is 9.38. The van der Waals surface area contributed by atoms with Crippen molar-refractivity contribution in [1.82, 2.24) is 14.8 Å². The Bertz CT molecular complexity index is 986. The van der Waals surface area contributed by atoms with Crippen LogP contribution >= 0.6 is 11.8 Å². The standard InChI is InChI=1S/C23H27N3O3S/c1-5-28-21(27)23(3,4)30-22-25-24-20(16-29-19-14-10-9-11-17(19)2)26(22)15-18-12-7-6-8-13-18/h6-14H,5,15-16H2,1-4H3. The second kappa shape index (κ2) is 9.80. The zero-order valence-corrected chi connectivity index (χ0v) is 18.6. The number of aryl methyl sites for hydroxylation is 1. The van der Waals surface area contributed by atoms with Crippen LogP contribution in [0, 0.1) is 6.92 Å². The first kappa shape index (κ1) is 21.9. The van der Waals surface area contributed by atoms with Crippen molar-refractivity contribution in [2.75, 3.05) is 6.61 Å². The fraction of sp³-hybridized carbons (Fsp3) is 0.348. The van der Waals surface area contributed by atoms with Crippen molar-refractivity contribution in [2.45, 2.75) is 50.8 Å². The van der Waals surface area contributed by atoms with E-state index in [1.165, 1.54) is 11.8 Å². The van der Waals surface area contributed by atoms with Crippen molar-refractivity contribution >= 4 is 17.7 Å². The lowest BCUT2D eigenvalue weighted by Crippen LogP contribution is -2.30. The number of carbonyl (C=O) groups excluding carboxylic acids is 1. The van der Waals surface area contributed by atoms with Gasteiger partial charge in [0.25, 0.3) is 0 Å². The fourth-order valence-electron chi connectivity index (χ4n) is 2.86. The Morgan fingerprint density at radius 1 is 1.07 bits per heavy atom. The van der Waals surface area contributed by atoms with Crippen LogP contribution in [0.1, 0.15) is 37.7 Å². The highest BCUT2D eigenvalue weighted by Gasteiger charge is 2.33. The molecular formula is C23H27N3O3S. The van der Waals surface area contributed by atoms with Gasteiger partial charge in [0, 0.05) is 0 Å². The molecule has 0 unspecified atom stereocenters. The molecule has 0 N–H and O–H groups in total. The van der Waals surface area contributed by atoms with Crippen LogP contribution in [0.2, 0.25) is 0 Å². The van der Waals surface area contributed by atoms with Gasteiger partial charge in [-0.2, -0.15) is 0 Å². The Hall–Kier alpha value is -2.80. The van der Waals surface area contributed by atoms with E-state index in [1.54, 1.807) is 6.92 Å². The van der Waals surface area contributed by atoms with E-state index >= 15 is 0 Å². The molecule has 6 nitrogen and oxygen atoms in total. The maximum Gasteiger partial charge on any atom is 0.322 e. The summed E-state index contributed by atoms with van der Waals surface area (Å²) < 4.78 is 12.4. The van der Waals surface area contributed by atoms with E-state index in [0.717, 1.165) is 16.9 Å². The van der Waals surface area contributed by atoms with Crippen LogP contribution in [0.4, 0.5) is 0 Å². The summed E-state index contributed by atoms with van der Waals surface area (Å²) in [7, 11) is 0. The number of ether oxygens (including phenoxy) is 2. The number of esters is 1. The molecule has 0 amide bonds. The van der Waals surface area contributed by atoms with Crippen LogP contribution in [-0.2, 0) is 22.7 Å². The third-order valence-electron chi connectivity index (χ3n) is 4.54. The van der Waals surface area contributed by atoms with Gasteiger partial charge < -0.3 is 9.47 Å². The van der Waals surface area contributed by atoms with Gasteiger partial charge in [0.05, 0.1) is 13.2 Å². The maximum atomic E-state index is 12.4. The molecule has 0 saturated carbocycles. The first-order valence-corrected chi connectivity index (χ1v) is 10.7. The number of carbonyl (C=O) groups is 1. The van der Waals surface area contributed by atoms with Crippen LogP contribution in [0.3, 0.4) is 0 Å². The van der Waals surface area contributed by atoms with Crippen LogP contribution in [0.15, 0.2) is 59.8 Å². The average molecular weight is 426 g/mol. The number of hydrogen-bond acceptors (Lipinski definition) is 6. The van der Waals surface area contributed by atoms with E-state index in [1.807, 2.05) is 67.8 Å². The Balaban J connectivity index is 1.87. The van der Waals surface area contributed by atoms with Gasteiger partial charge in [-0.3, -0.25) is 9.36 Å². The molecule has 3 rings (SSSR count). The summed E-state index contributed by atoms with van der Waals surface area (Å²) in [5.41, 5.74) is 2.18. The molecule has 7 heteroatoms. The molecular weight excluding hydrogens is 398 g/mol. The molecule has 3 aromatic rings. The second-order valence-corrected chi connectivity index (χ2v) is 8.95. The summed E-state index contributed by atoms with van der Waals surface area (Å²) in [6.45, 7) is 8.69. The Morgan fingerprint density at radius 2 is 1.77 bits per heavy atom. The molecule has 1 heterocycles. The quantitative estimate of drug-likeness (QED) is 0.367. The Morgan fingerprint density at radius 3 is 2.47 bits per heavy atom. The van der Waals surface area contributed by atoms with E-state index < -0.39 is 4.75 Å². The zero-order valence-electron chi connectivity index (χ0n) is 17.8. The average Bonchev–Trinajstić information content (AvgIpc) is 3.09. The lowest BCUT2D eigenvalue weighted by Gasteiger charge is -2.21. The SMILES string of the molecule is CCOC(=O)C(C)(C)Sc1nnc(COc2ccccc2C)n1Cc1ccccc1. The molecule has 0 aliphatic rings. The van der Waals surface area contributed by atoms with E-state index in [2.05, 4.69) is 22.3 Å². The lowest BCUT2D eigenvalue weighted by molar-refractivity contribution is -0.145. The Labute approximate surface area is 181 Å². The smallest absolute Gasteiger partial charge is 0.322 e. The molecule has 0 saturated heterocycles. The minimum atomic E-state index is -0.786. The maximum absolute atomic E-state index is 12.4. The zero-order chi connectivity index (χ0) is 21.6. The first-order valence-electron chi connectivity index (χ1n) is 9.91. The minimum absolute atomic E-state index is 0.276. The molecule has 0 atom stereocenters. The van der Waals surface area contributed by atoms with Gasteiger partial charge in [-0.25, -0.2) is 0 Å². The fourth-order valence-corrected chi connectivity index (χ4v) is 3.82. The van der Waals surface area contributed by atoms with Crippen molar-refractivity contribution in [3.63, 3.8) is 0 Å². The summed E-state index contributed by atoms with van der Waals surface area (Å²) >= 11 is 1.34. The molecule has 1 aromatic heterocycles. The third kappa shape index (κ3) is 5.42. The van der Waals surface area contributed by atoms with Crippen LogP contribution < -0.4 is 4.74 Å². The number of nitrogens with zero attached hydrogens (tertiary/aromatic N) is 3. The molecule has 0 fully saturated rings. The van der Waals surface area contributed by atoms with E-state index in [0.29, 0.717) is 24.1 Å². The number of para-hydroxylation sites is 1. The summed E-state index contributed by atoms with van der Waals surface area (Å²) in [5.74, 6) is 1.24. The van der Waals surface area contributed by atoms with Crippen molar-refractivity contribution in [3.8, 4) is 5.75 Å².